The molecule has 0 radical (unpaired) electrons. The first-order valence-electron chi connectivity index (χ1n) is 16.1. The van der Waals surface area contributed by atoms with Crippen LogP contribution in [0.15, 0.2) is 164 Å². The monoisotopic (exact) mass is 590 g/mol. The first-order valence-corrected chi connectivity index (χ1v) is 16.1. The number of fused-ring (bicyclic) bond motifs is 3. The van der Waals surface area contributed by atoms with E-state index in [1.807, 2.05) is 18.2 Å². The molecule has 0 spiro atoms. The SMILES string of the molecule is Oc1c(CCc2ccccc2)cc(-c2cc(-c3ccccc3)cc3c2Cc2ccc(-c4ccccc4)cc2-3)cc1-c1ccccc1. The summed E-state index contributed by atoms with van der Waals surface area (Å²) in [5.41, 5.74) is 16.7. The van der Waals surface area contributed by atoms with Crippen molar-refractivity contribution in [2.24, 2.45) is 0 Å². The lowest BCUT2D eigenvalue weighted by Gasteiger charge is -2.18. The van der Waals surface area contributed by atoms with Crippen LogP contribution in [0.3, 0.4) is 0 Å². The molecule has 1 nitrogen and oxygen atoms in total. The molecule has 1 aliphatic rings. The largest absolute Gasteiger partial charge is 0.507 e. The predicted octanol–water partition coefficient (Wildman–Crippen LogP) is 11.4. The van der Waals surface area contributed by atoms with Crippen molar-refractivity contribution in [2.45, 2.75) is 19.3 Å². The van der Waals surface area contributed by atoms with Crippen LogP contribution in [0.5, 0.6) is 5.75 Å². The summed E-state index contributed by atoms with van der Waals surface area (Å²) in [6, 6.07) is 58.3. The quantitative estimate of drug-likeness (QED) is 0.196. The van der Waals surface area contributed by atoms with E-state index in [0.717, 1.165) is 41.5 Å². The highest BCUT2D eigenvalue weighted by Gasteiger charge is 2.25. The lowest BCUT2D eigenvalue weighted by Crippen LogP contribution is -1.97. The number of aromatic hydroxyl groups is 1. The molecular weight excluding hydrogens is 556 g/mol. The second-order valence-corrected chi connectivity index (χ2v) is 12.2. The molecule has 0 heterocycles. The minimum absolute atomic E-state index is 0.373. The van der Waals surface area contributed by atoms with Gasteiger partial charge in [0.25, 0.3) is 0 Å². The van der Waals surface area contributed by atoms with E-state index in [4.69, 9.17) is 0 Å². The van der Waals surface area contributed by atoms with E-state index in [1.165, 1.54) is 55.6 Å². The number of benzene rings is 7. The lowest BCUT2D eigenvalue weighted by atomic mass is 9.87. The van der Waals surface area contributed by atoms with E-state index in [0.29, 0.717) is 5.75 Å². The van der Waals surface area contributed by atoms with Crippen molar-refractivity contribution in [3.63, 3.8) is 0 Å². The van der Waals surface area contributed by atoms with E-state index in [2.05, 4.69) is 146 Å². The number of rotatable bonds is 7. The van der Waals surface area contributed by atoms with Crippen LogP contribution >= 0.6 is 0 Å². The van der Waals surface area contributed by atoms with Gasteiger partial charge < -0.3 is 5.11 Å². The molecule has 8 rings (SSSR count). The van der Waals surface area contributed by atoms with Gasteiger partial charge in [0, 0.05) is 5.56 Å². The first-order chi connectivity index (χ1) is 22.7. The molecule has 1 N–H and O–H groups in total. The van der Waals surface area contributed by atoms with E-state index in [-0.39, 0.29) is 0 Å². The maximum absolute atomic E-state index is 11.7. The minimum atomic E-state index is 0.373. The smallest absolute Gasteiger partial charge is 0.126 e. The van der Waals surface area contributed by atoms with E-state index >= 15 is 0 Å². The molecular formula is C45H34O. The van der Waals surface area contributed by atoms with Crippen LogP contribution in [-0.4, -0.2) is 5.11 Å². The van der Waals surface area contributed by atoms with Crippen LogP contribution in [0.2, 0.25) is 0 Å². The summed E-state index contributed by atoms with van der Waals surface area (Å²) < 4.78 is 0. The highest BCUT2D eigenvalue weighted by Crippen LogP contribution is 2.47. The zero-order valence-electron chi connectivity index (χ0n) is 25.7. The summed E-state index contributed by atoms with van der Waals surface area (Å²) in [6.45, 7) is 0. The van der Waals surface area contributed by atoms with Gasteiger partial charge in [-0.1, -0.05) is 133 Å². The van der Waals surface area contributed by atoms with Crippen molar-refractivity contribution < 1.29 is 5.11 Å². The van der Waals surface area contributed by atoms with Crippen molar-refractivity contribution in [2.75, 3.05) is 0 Å². The number of phenolic OH excluding ortho intramolecular Hbond substituents is 1. The van der Waals surface area contributed by atoms with Gasteiger partial charge in [0.1, 0.15) is 5.75 Å². The molecule has 0 aliphatic heterocycles. The van der Waals surface area contributed by atoms with Crippen molar-refractivity contribution >= 4 is 0 Å². The van der Waals surface area contributed by atoms with Crippen molar-refractivity contribution in [1.82, 2.24) is 0 Å². The molecule has 0 bridgehead atoms. The summed E-state index contributed by atoms with van der Waals surface area (Å²) in [5, 5.41) is 11.7. The van der Waals surface area contributed by atoms with Gasteiger partial charge in [0.15, 0.2) is 0 Å². The third kappa shape index (κ3) is 5.31. The Morgan fingerprint density at radius 1 is 0.391 bits per heavy atom. The molecule has 0 unspecified atom stereocenters. The van der Waals surface area contributed by atoms with E-state index < -0.39 is 0 Å². The molecule has 1 aliphatic carbocycles. The number of hydrogen-bond donors (Lipinski definition) is 1. The Kier molecular flexibility index (Phi) is 7.28. The number of phenols is 1. The minimum Gasteiger partial charge on any atom is -0.507 e. The van der Waals surface area contributed by atoms with E-state index in [1.54, 1.807) is 0 Å². The fourth-order valence-electron chi connectivity index (χ4n) is 6.94. The third-order valence-electron chi connectivity index (χ3n) is 9.34. The molecule has 7 aromatic carbocycles. The van der Waals surface area contributed by atoms with Crippen molar-refractivity contribution in [3.05, 3.63) is 186 Å². The summed E-state index contributed by atoms with van der Waals surface area (Å²) in [6.07, 6.45) is 2.50. The maximum Gasteiger partial charge on any atom is 0.126 e. The first kappa shape index (κ1) is 27.9. The van der Waals surface area contributed by atoms with E-state index in [9.17, 15) is 5.11 Å². The average Bonchev–Trinajstić information content (AvgIpc) is 3.50. The molecule has 7 aromatic rings. The van der Waals surface area contributed by atoms with Gasteiger partial charge in [-0.3, -0.25) is 0 Å². The molecule has 0 saturated heterocycles. The molecule has 1 heteroatoms. The van der Waals surface area contributed by atoms with Gasteiger partial charge >= 0.3 is 0 Å². The summed E-state index contributed by atoms with van der Waals surface area (Å²) in [7, 11) is 0. The van der Waals surface area contributed by atoms with Gasteiger partial charge in [-0.2, -0.15) is 0 Å². The topological polar surface area (TPSA) is 20.2 Å². The normalized spacial score (nSPS) is 11.7. The van der Waals surface area contributed by atoms with Crippen LogP contribution in [0.25, 0.3) is 55.6 Å². The Balaban J connectivity index is 1.32. The van der Waals surface area contributed by atoms with Crippen LogP contribution < -0.4 is 0 Å². The Labute approximate surface area is 271 Å². The van der Waals surface area contributed by atoms with Gasteiger partial charge in [0.05, 0.1) is 0 Å². The summed E-state index contributed by atoms with van der Waals surface area (Å²) in [4.78, 5) is 0. The zero-order valence-corrected chi connectivity index (χ0v) is 25.7. The Bertz CT molecular complexity index is 2150. The Morgan fingerprint density at radius 3 is 1.61 bits per heavy atom. The number of hydrogen-bond acceptors (Lipinski definition) is 1. The second-order valence-electron chi connectivity index (χ2n) is 12.2. The average molecular weight is 591 g/mol. The van der Waals surface area contributed by atoms with Crippen LogP contribution in [0.4, 0.5) is 0 Å². The van der Waals surface area contributed by atoms with Gasteiger partial charge in [0.2, 0.25) is 0 Å². The van der Waals surface area contributed by atoms with Gasteiger partial charge in [-0.25, -0.2) is 0 Å². The molecule has 0 aromatic heterocycles. The zero-order chi connectivity index (χ0) is 30.9. The van der Waals surface area contributed by atoms with Gasteiger partial charge in [-0.05, 0) is 122 Å². The molecule has 0 saturated carbocycles. The summed E-state index contributed by atoms with van der Waals surface area (Å²) in [5.74, 6) is 0.373. The maximum atomic E-state index is 11.7. The number of aryl methyl sites for hydroxylation is 2. The standard InChI is InChI=1S/C45H34O/c46-45-37(22-21-31-13-5-1-6-14-31)25-39(30-42(45)34-19-11-4-12-20-34)41-28-38(33-17-9-3-10-18-33)29-44-40-26-35(32-15-7-2-8-16-32)23-24-36(40)27-43(41)44/h1-20,23-26,28-30,46H,21-22,27H2. The fourth-order valence-corrected chi connectivity index (χ4v) is 6.94. The molecule has 46 heavy (non-hydrogen) atoms. The molecule has 0 amide bonds. The van der Waals surface area contributed by atoms with Gasteiger partial charge in [-0.15, -0.1) is 0 Å². The lowest BCUT2D eigenvalue weighted by molar-refractivity contribution is 0.470. The predicted molar refractivity (Wildman–Crippen MR) is 192 cm³/mol. The highest BCUT2D eigenvalue weighted by atomic mass is 16.3. The van der Waals surface area contributed by atoms with Crippen molar-refractivity contribution in [3.8, 4) is 61.4 Å². The second kappa shape index (κ2) is 12.0. The Morgan fingerprint density at radius 2 is 0.935 bits per heavy atom. The highest BCUT2D eigenvalue weighted by molar-refractivity contribution is 5.92. The Hall–Kier alpha value is -5.66. The van der Waals surface area contributed by atoms with Crippen LogP contribution in [0, 0.1) is 0 Å². The fraction of sp³-hybridized carbons (Fsp3) is 0.0667. The van der Waals surface area contributed by atoms with Crippen LogP contribution in [0.1, 0.15) is 22.3 Å². The summed E-state index contributed by atoms with van der Waals surface area (Å²) >= 11 is 0. The molecule has 220 valence electrons. The van der Waals surface area contributed by atoms with Crippen molar-refractivity contribution in [1.29, 1.82) is 0 Å². The third-order valence-corrected chi connectivity index (χ3v) is 9.34. The molecule has 0 atom stereocenters. The van der Waals surface area contributed by atoms with Crippen LogP contribution in [-0.2, 0) is 19.3 Å². The molecule has 0 fully saturated rings.